The lowest BCUT2D eigenvalue weighted by Crippen LogP contribution is -2.43. The largest absolute Gasteiger partial charge is 0.496 e. The molecule has 1 aliphatic carbocycles. The number of thiophene rings is 1. The zero-order valence-corrected chi connectivity index (χ0v) is 30.9. The maximum Gasteiger partial charge on any atom is 0.410 e. The van der Waals surface area contributed by atoms with Crippen molar-refractivity contribution >= 4 is 55.8 Å². The third kappa shape index (κ3) is 8.27. The summed E-state index contributed by atoms with van der Waals surface area (Å²) in [6.07, 6.45) is 4.21. The van der Waals surface area contributed by atoms with E-state index in [1.54, 1.807) is 30.2 Å². The summed E-state index contributed by atoms with van der Waals surface area (Å²) in [7, 11) is 2.07. The summed E-state index contributed by atoms with van der Waals surface area (Å²) in [6, 6.07) is 15.1. The van der Waals surface area contributed by atoms with Crippen LogP contribution >= 0.6 is 22.9 Å². The Balaban J connectivity index is 1.47. The molecule has 0 bridgehead atoms. The summed E-state index contributed by atoms with van der Waals surface area (Å²) in [5.41, 5.74) is 1.72. The van der Waals surface area contributed by atoms with Gasteiger partial charge in [-0.2, -0.15) is 0 Å². The van der Waals surface area contributed by atoms with E-state index in [2.05, 4.69) is 0 Å². The van der Waals surface area contributed by atoms with E-state index in [9.17, 15) is 22.6 Å². The number of methoxy groups -OCH3 is 1. The lowest BCUT2D eigenvalue weighted by atomic mass is 9.85. The van der Waals surface area contributed by atoms with Crippen molar-refractivity contribution in [2.24, 2.45) is 5.92 Å². The number of benzene rings is 3. The Labute approximate surface area is 297 Å². The molecule has 1 fully saturated rings. The van der Waals surface area contributed by atoms with Crippen molar-refractivity contribution in [3.05, 3.63) is 81.7 Å². The first kappa shape index (κ1) is 36.7. The second kappa shape index (κ2) is 15.1. The van der Waals surface area contributed by atoms with Crippen LogP contribution in [0, 0.1) is 17.6 Å². The summed E-state index contributed by atoms with van der Waals surface area (Å²) < 4.78 is 53.4. The first-order valence-corrected chi connectivity index (χ1v) is 18.8. The highest BCUT2D eigenvalue weighted by atomic mass is 35.5. The lowest BCUT2D eigenvalue weighted by molar-refractivity contribution is 0.0165. The molecule has 1 aliphatic rings. The second-order valence-corrected chi connectivity index (χ2v) is 16.2. The Morgan fingerprint density at radius 2 is 1.69 bits per heavy atom. The number of amides is 2. The van der Waals surface area contributed by atoms with Gasteiger partial charge in [0.05, 0.1) is 33.0 Å². The Hall–Kier alpha value is -3.54. The lowest BCUT2D eigenvalue weighted by Gasteiger charge is -2.37. The van der Waals surface area contributed by atoms with Crippen LogP contribution < -0.4 is 4.74 Å². The molecule has 5 rings (SSSR count). The molecular formula is C37H41ClF2N2O5S2. The Morgan fingerprint density at radius 3 is 2.33 bits per heavy atom. The molecule has 1 saturated carbocycles. The van der Waals surface area contributed by atoms with Gasteiger partial charge in [0, 0.05) is 42.9 Å². The van der Waals surface area contributed by atoms with Crippen molar-refractivity contribution in [2.45, 2.75) is 69.5 Å². The van der Waals surface area contributed by atoms with E-state index in [1.807, 2.05) is 63.2 Å². The number of carbonyl (C=O) groups is 2. The topological polar surface area (TPSA) is 76.2 Å². The molecule has 0 saturated heterocycles. The Bertz CT molecular complexity index is 1880. The van der Waals surface area contributed by atoms with Gasteiger partial charge in [0.2, 0.25) is 0 Å². The van der Waals surface area contributed by atoms with Gasteiger partial charge in [0.25, 0.3) is 5.91 Å². The molecule has 7 nitrogen and oxygen atoms in total. The quantitative estimate of drug-likeness (QED) is 0.172. The third-order valence-corrected chi connectivity index (χ3v) is 11.5. The number of rotatable bonds is 9. The molecule has 0 N–H and O–H groups in total. The van der Waals surface area contributed by atoms with E-state index in [4.69, 9.17) is 21.1 Å². The van der Waals surface area contributed by atoms with Gasteiger partial charge >= 0.3 is 6.09 Å². The molecular weight excluding hydrogens is 690 g/mol. The Kier molecular flexibility index (Phi) is 11.4. The van der Waals surface area contributed by atoms with Gasteiger partial charge in [-0.05, 0) is 93.8 Å². The molecule has 1 atom stereocenters. The van der Waals surface area contributed by atoms with E-state index in [-0.39, 0.29) is 44.6 Å². The summed E-state index contributed by atoms with van der Waals surface area (Å²) in [4.78, 5) is 31.2. The molecule has 49 heavy (non-hydrogen) atoms. The normalized spacial score (nSPS) is 17.1. The SMILES string of the molecule is COc1ccc(-c2ccccc2S(C)=O)cc1CN(CC1CCC(N(C)C(=O)OC(C)(C)C)CC1)C(=O)c1sc2c(F)ccc(F)c2c1Cl. The molecule has 2 amide bonds. The summed E-state index contributed by atoms with van der Waals surface area (Å²) in [5.74, 6) is -1.15. The standard InChI is InChI=1S/C37H41ClF2N2O5S2/c1-37(2,3)47-36(44)41(4)25-14-11-22(12-15-25)20-42(35(43)34-32(38)31-27(39)16-17-28(40)33(31)48-34)21-24-19-23(13-18-29(24)46-5)26-9-7-8-10-30(26)49(6)45/h7-10,13,16-19,22,25H,11-12,14-15,20-21H2,1-6H3. The molecule has 0 radical (unpaired) electrons. The smallest absolute Gasteiger partial charge is 0.410 e. The van der Waals surface area contributed by atoms with Gasteiger partial charge in [0.1, 0.15) is 27.9 Å². The van der Waals surface area contributed by atoms with Gasteiger partial charge in [-0.1, -0.05) is 35.9 Å². The van der Waals surface area contributed by atoms with E-state index in [0.29, 0.717) is 22.8 Å². The van der Waals surface area contributed by atoms with E-state index >= 15 is 0 Å². The van der Waals surface area contributed by atoms with Gasteiger partial charge < -0.3 is 19.3 Å². The van der Waals surface area contributed by atoms with Crippen LogP contribution in [0.15, 0.2) is 59.5 Å². The van der Waals surface area contributed by atoms with Crippen LogP contribution in [0.2, 0.25) is 5.02 Å². The van der Waals surface area contributed by atoms with Crippen LogP contribution in [-0.4, -0.2) is 64.6 Å². The van der Waals surface area contributed by atoms with E-state index in [0.717, 1.165) is 60.3 Å². The molecule has 0 aliphatic heterocycles. The molecule has 3 aromatic carbocycles. The summed E-state index contributed by atoms with van der Waals surface area (Å²) >= 11 is 7.45. The minimum Gasteiger partial charge on any atom is -0.496 e. The van der Waals surface area contributed by atoms with Crippen molar-refractivity contribution in [3.63, 3.8) is 0 Å². The van der Waals surface area contributed by atoms with Crippen LogP contribution in [-0.2, 0) is 22.1 Å². The number of fused-ring (bicyclic) bond motifs is 1. The van der Waals surface area contributed by atoms with Crippen molar-refractivity contribution in [1.82, 2.24) is 9.80 Å². The minimum absolute atomic E-state index is 0.000739. The highest BCUT2D eigenvalue weighted by molar-refractivity contribution is 7.84. The van der Waals surface area contributed by atoms with E-state index in [1.165, 1.54) is 0 Å². The summed E-state index contributed by atoms with van der Waals surface area (Å²) in [5, 5.41) is -0.223. The first-order valence-electron chi connectivity index (χ1n) is 16.1. The second-order valence-electron chi connectivity index (χ2n) is 13.4. The van der Waals surface area contributed by atoms with Crippen LogP contribution in [0.4, 0.5) is 13.6 Å². The molecule has 0 spiro atoms. The fourth-order valence-corrected chi connectivity index (χ4v) is 8.62. The molecule has 1 aromatic heterocycles. The molecule has 12 heteroatoms. The number of hydrogen-bond donors (Lipinski definition) is 0. The fourth-order valence-electron chi connectivity index (χ4n) is 6.34. The van der Waals surface area contributed by atoms with Gasteiger partial charge in [-0.15, -0.1) is 11.3 Å². The van der Waals surface area contributed by atoms with Crippen molar-refractivity contribution in [2.75, 3.05) is 27.0 Å². The van der Waals surface area contributed by atoms with Crippen molar-refractivity contribution < 1.29 is 32.1 Å². The van der Waals surface area contributed by atoms with Gasteiger partial charge in [0.15, 0.2) is 0 Å². The third-order valence-electron chi connectivity index (χ3n) is 8.84. The zero-order valence-electron chi connectivity index (χ0n) is 28.5. The van der Waals surface area contributed by atoms with E-state index < -0.39 is 33.9 Å². The number of nitrogens with zero attached hydrogens (tertiary/aromatic N) is 2. The predicted octanol–water partition coefficient (Wildman–Crippen LogP) is 9.31. The molecule has 4 aromatic rings. The fraction of sp³-hybridized carbons (Fsp3) is 0.405. The monoisotopic (exact) mass is 730 g/mol. The maximum atomic E-state index is 14.8. The number of ether oxygens (including phenoxy) is 2. The maximum absolute atomic E-state index is 14.8. The number of hydrogen-bond acceptors (Lipinski definition) is 6. The minimum atomic E-state index is -1.23. The van der Waals surface area contributed by atoms with Crippen LogP contribution in [0.1, 0.15) is 61.7 Å². The van der Waals surface area contributed by atoms with Crippen LogP contribution in [0.5, 0.6) is 5.75 Å². The number of carbonyl (C=O) groups excluding carboxylic acids is 2. The Morgan fingerprint density at radius 1 is 1.02 bits per heavy atom. The predicted molar refractivity (Wildman–Crippen MR) is 192 cm³/mol. The number of halogens is 3. The van der Waals surface area contributed by atoms with Crippen LogP contribution in [0.3, 0.4) is 0 Å². The first-order chi connectivity index (χ1) is 23.2. The van der Waals surface area contributed by atoms with Crippen molar-refractivity contribution in [3.8, 4) is 16.9 Å². The van der Waals surface area contributed by atoms with Crippen LogP contribution in [0.25, 0.3) is 21.2 Å². The van der Waals surface area contributed by atoms with Crippen molar-refractivity contribution in [1.29, 1.82) is 0 Å². The van der Waals surface area contributed by atoms with Gasteiger partial charge in [-0.3, -0.25) is 9.00 Å². The average Bonchev–Trinajstić information content (AvgIpc) is 3.43. The molecule has 1 unspecified atom stereocenters. The summed E-state index contributed by atoms with van der Waals surface area (Å²) in [6.45, 7) is 5.98. The molecule has 1 heterocycles. The highest BCUT2D eigenvalue weighted by Gasteiger charge is 2.33. The highest BCUT2D eigenvalue weighted by Crippen LogP contribution is 2.40. The van der Waals surface area contributed by atoms with Gasteiger partial charge in [-0.25, -0.2) is 13.6 Å². The average molecular weight is 731 g/mol. The zero-order chi connectivity index (χ0) is 35.6. The molecule has 262 valence electrons.